The summed E-state index contributed by atoms with van der Waals surface area (Å²) in [5.41, 5.74) is 1.07. The zero-order valence-electron chi connectivity index (χ0n) is 15.7. The number of hydrogen-bond acceptors (Lipinski definition) is 5. The molecule has 0 spiro atoms. The molecular formula is C21H23NO4S. The monoisotopic (exact) mass is 385 g/mol. The van der Waals surface area contributed by atoms with Gasteiger partial charge in [0.15, 0.2) is 18.1 Å². The second-order valence-electron chi connectivity index (χ2n) is 6.28. The van der Waals surface area contributed by atoms with Crippen molar-refractivity contribution in [2.45, 2.75) is 26.9 Å². The SMILES string of the molecule is COc1cc(C)ccc1OCC(=O)N(Cc1ccco1)Cc1ccc(C)s1. The van der Waals surface area contributed by atoms with Crippen molar-refractivity contribution in [3.8, 4) is 11.5 Å². The lowest BCUT2D eigenvalue weighted by Crippen LogP contribution is -2.33. The fraction of sp³-hybridized carbons (Fsp3) is 0.286. The molecule has 0 radical (unpaired) electrons. The summed E-state index contributed by atoms with van der Waals surface area (Å²) in [6.45, 7) is 4.89. The van der Waals surface area contributed by atoms with Crippen LogP contribution in [0, 0.1) is 13.8 Å². The standard InChI is InChI=1S/C21H23NO4S/c1-15-6-9-19(20(11-15)24-3)26-14-21(23)22(12-17-5-4-10-25-17)13-18-8-7-16(2)27-18/h4-11H,12-14H2,1-3H3. The summed E-state index contributed by atoms with van der Waals surface area (Å²) in [5.74, 6) is 1.81. The first-order valence-electron chi connectivity index (χ1n) is 8.68. The molecule has 27 heavy (non-hydrogen) atoms. The lowest BCUT2D eigenvalue weighted by molar-refractivity contribution is -0.134. The molecule has 2 heterocycles. The van der Waals surface area contributed by atoms with E-state index in [0.717, 1.165) is 16.2 Å². The van der Waals surface area contributed by atoms with Crippen LogP contribution in [-0.2, 0) is 17.9 Å². The lowest BCUT2D eigenvalue weighted by atomic mass is 10.2. The number of ether oxygens (including phenoxy) is 2. The van der Waals surface area contributed by atoms with E-state index >= 15 is 0 Å². The van der Waals surface area contributed by atoms with Gasteiger partial charge in [-0.3, -0.25) is 4.79 Å². The van der Waals surface area contributed by atoms with Crippen molar-refractivity contribution >= 4 is 17.2 Å². The molecule has 0 aliphatic heterocycles. The maximum atomic E-state index is 12.8. The van der Waals surface area contributed by atoms with Crippen molar-refractivity contribution < 1.29 is 18.7 Å². The van der Waals surface area contributed by atoms with Gasteiger partial charge in [-0.05, 0) is 55.8 Å². The molecule has 1 amide bonds. The van der Waals surface area contributed by atoms with E-state index in [0.29, 0.717) is 24.6 Å². The minimum Gasteiger partial charge on any atom is -0.493 e. The van der Waals surface area contributed by atoms with Gasteiger partial charge in [0.25, 0.3) is 5.91 Å². The quantitative estimate of drug-likeness (QED) is 0.570. The number of benzene rings is 1. The maximum absolute atomic E-state index is 12.8. The highest BCUT2D eigenvalue weighted by Gasteiger charge is 2.18. The fourth-order valence-corrected chi connectivity index (χ4v) is 3.61. The Bertz CT molecular complexity index is 885. The molecule has 0 aliphatic rings. The summed E-state index contributed by atoms with van der Waals surface area (Å²) in [7, 11) is 1.59. The largest absolute Gasteiger partial charge is 0.493 e. The van der Waals surface area contributed by atoms with Gasteiger partial charge in [-0.25, -0.2) is 0 Å². The van der Waals surface area contributed by atoms with Crippen molar-refractivity contribution in [3.05, 3.63) is 69.8 Å². The highest BCUT2D eigenvalue weighted by Crippen LogP contribution is 2.28. The third kappa shape index (κ3) is 5.14. The number of rotatable bonds is 8. The number of hydrogen-bond donors (Lipinski definition) is 0. The highest BCUT2D eigenvalue weighted by molar-refractivity contribution is 7.11. The molecule has 0 atom stereocenters. The van der Waals surface area contributed by atoms with Gasteiger partial charge >= 0.3 is 0 Å². The van der Waals surface area contributed by atoms with Crippen LogP contribution >= 0.6 is 11.3 Å². The van der Waals surface area contributed by atoms with Crippen LogP contribution in [0.2, 0.25) is 0 Å². The van der Waals surface area contributed by atoms with Gasteiger partial charge in [-0.2, -0.15) is 0 Å². The smallest absolute Gasteiger partial charge is 0.261 e. The fourth-order valence-electron chi connectivity index (χ4n) is 2.71. The van der Waals surface area contributed by atoms with E-state index in [1.807, 2.05) is 43.3 Å². The van der Waals surface area contributed by atoms with Crippen molar-refractivity contribution in [2.24, 2.45) is 0 Å². The van der Waals surface area contributed by atoms with Gasteiger partial charge in [0.2, 0.25) is 0 Å². The molecule has 1 aromatic carbocycles. The van der Waals surface area contributed by atoms with Gasteiger partial charge in [0, 0.05) is 9.75 Å². The zero-order chi connectivity index (χ0) is 19.2. The molecule has 2 aromatic heterocycles. The van der Waals surface area contributed by atoms with Crippen LogP contribution in [0.4, 0.5) is 0 Å². The van der Waals surface area contributed by atoms with Crippen LogP contribution in [0.3, 0.4) is 0 Å². The van der Waals surface area contributed by atoms with Crippen LogP contribution in [0.5, 0.6) is 11.5 Å². The van der Waals surface area contributed by atoms with Crippen molar-refractivity contribution in [3.63, 3.8) is 0 Å². The number of furan rings is 1. The molecule has 6 heteroatoms. The van der Waals surface area contributed by atoms with E-state index in [2.05, 4.69) is 13.0 Å². The normalized spacial score (nSPS) is 10.6. The Labute approximate surface area is 163 Å². The van der Waals surface area contributed by atoms with Crippen molar-refractivity contribution in [1.82, 2.24) is 4.90 Å². The molecule has 142 valence electrons. The lowest BCUT2D eigenvalue weighted by Gasteiger charge is -2.21. The summed E-state index contributed by atoms with van der Waals surface area (Å²) in [6, 6.07) is 13.4. The molecule has 0 N–H and O–H groups in total. The summed E-state index contributed by atoms with van der Waals surface area (Å²) in [6.07, 6.45) is 1.61. The van der Waals surface area contributed by atoms with Gasteiger partial charge in [0.1, 0.15) is 5.76 Å². The van der Waals surface area contributed by atoms with Gasteiger partial charge in [-0.15, -0.1) is 11.3 Å². The predicted molar refractivity (Wildman–Crippen MR) is 105 cm³/mol. The predicted octanol–water partition coefficient (Wildman–Crippen LogP) is 4.57. The first kappa shape index (κ1) is 19.0. The molecule has 3 rings (SSSR count). The summed E-state index contributed by atoms with van der Waals surface area (Å²) in [5, 5.41) is 0. The molecular weight excluding hydrogens is 362 g/mol. The second-order valence-corrected chi connectivity index (χ2v) is 7.66. The number of methoxy groups -OCH3 is 1. The Morgan fingerprint density at radius 2 is 1.96 bits per heavy atom. The van der Waals surface area contributed by atoms with Crippen molar-refractivity contribution in [1.29, 1.82) is 0 Å². The van der Waals surface area contributed by atoms with Crippen LogP contribution in [0.15, 0.2) is 53.1 Å². The van der Waals surface area contributed by atoms with Gasteiger partial charge in [-0.1, -0.05) is 6.07 Å². The van der Waals surface area contributed by atoms with E-state index < -0.39 is 0 Å². The Balaban J connectivity index is 1.70. The Morgan fingerprint density at radius 3 is 2.63 bits per heavy atom. The molecule has 5 nitrogen and oxygen atoms in total. The molecule has 0 saturated carbocycles. The van der Waals surface area contributed by atoms with E-state index in [-0.39, 0.29) is 12.5 Å². The topological polar surface area (TPSA) is 51.9 Å². The molecule has 0 unspecified atom stereocenters. The highest BCUT2D eigenvalue weighted by atomic mass is 32.1. The number of carbonyl (C=O) groups excluding carboxylic acids is 1. The first-order chi connectivity index (χ1) is 13.0. The number of aryl methyl sites for hydroxylation is 2. The first-order valence-corrected chi connectivity index (χ1v) is 9.49. The number of thiophene rings is 1. The average molecular weight is 385 g/mol. The van der Waals surface area contributed by atoms with Gasteiger partial charge < -0.3 is 18.8 Å². The zero-order valence-corrected chi connectivity index (χ0v) is 16.5. The van der Waals surface area contributed by atoms with Crippen molar-refractivity contribution in [2.75, 3.05) is 13.7 Å². The maximum Gasteiger partial charge on any atom is 0.261 e. The second kappa shape index (κ2) is 8.77. The summed E-state index contributed by atoms with van der Waals surface area (Å²) >= 11 is 1.68. The molecule has 3 aromatic rings. The Hall–Kier alpha value is -2.73. The van der Waals surface area contributed by atoms with E-state index in [1.54, 1.807) is 29.6 Å². The van der Waals surface area contributed by atoms with E-state index in [1.165, 1.54) is 4.88 Å². The minimum atomic E-state index is -0.111. The molecule has 0 fully saturated rings. The average Bonchev–Trinajstić information content (AvgIpc) is 3.31. The Kier molecular flexibility index (Phi) is 6.19. The van der Waals surface area contributed by atoms with Crippen LogP contribution in [-0.4, -0.2) is 24.5 Å². The van der Waals surface area contributed by atoms with Crippen LogP contribution < -0.4 is 9.47 Å². The van der Waals surface area contributed by atoms with E-state index in [9.17, 15) is 4.79 Å². The molecule has 0 saturated heterocycles. The third-order valence-electron chi connectivity index (χ3n) is 4.09. The number of amides is 1. The molecule has 0 aliphatic carbocycles. The Morgan fingerprint density at radius 1 is 1.11 bits per heavy atom. The number of nitrogens with zero attached hydrogens (tertiary/aromatic N) is 1. The van der Waals surface area contributed by atoms with Crippen LogP contribution in [0.1, 0.15) is 21.1 Å². The van der Waals surface area contributed by atoms with E-state index in [4.69, 9.17) is 13.9 Å². The summed E-state index contributed by atoms with van der Waals surface area (Å²) in [4.78, 5) is 16.9. The summed E-state index contributed by atoms with van der Waals surface area (Å²) < 4.78 is 16.5. The minimum absolute atomic E-state index is 0.0650. The number of carbonyl (C=O) groups is 1. The van der Waals surface area contributed by atoms with Gasteiger partial charge in [0.05, 0.1) is 26.5 Å². The van der Waals surface area contributed by atoms with Crippen LogP contribution in [0.25, 0.3) is 0 Å². The molecule has 0 bridgehead atoms. The third-order valence-corrected chi connectivity index (χ3v) is 5.08.